The lowest BCUT2D eigenvalue weighted by molar-refractivity contribution is -0.149. The fraction of sp³-hybridized carbons (Fsp3) is 0.560. The smallest absolute Gasteiger partial charge is 0.317 e. The second-order valence-electron chi connectivity index (χ2n) is 9.15. The van der Waals surface area contributed by atoms with Crippen LogP contribution in [0.1, 0.15) is 70.7 Å². The molecule has 0 unspecified atom stereocenters. The van der Waals surface area contributed by atoms with Crippen molar-refractivity contribution in [1.82, 2.24) is 0 Å². The lowest BCUT2D eigenvalue weighted by Crippen LogP contribution is -2.33. The van der Waals surface area contributed by atoms with E-state index in [0.717, 1.165) is 5.57 Å². The fourth-order valence-electron chi connectivity index (χ4n) is 4.09. The fourth-order valence-corrected chi connectivity index (χ4v) is 4.09. The van der Waals surface area contributed by atoms with E-state index in [9.17, 15) is 19.5 Å². The third-order valence-corrected chi connectivity index (χ3v) is 6.05. The van der Waals surface area contributed by atoms with E-state index in [1.807, 2.05) is 40.7 Å². The number of rotatable bonds is 10. The van der Waals surface area contributed by atoms with Crippen LogP contribution in [0.5, 0.6) is 11.5 Å². The van der Waals surface area contributed by atoms with Gasteiger partial charge in [0, 0.05) is 24.8 Å². The largest absolute Gasteiger partial charge is 0.507 e. The highest BCUT2D eigenvalue weighted by Crippen LogP contribution is 2.42. The normalized spacial score (nSPS) is 23.7. The van der Waals surface area contributed by atoms with E-state index >= 15 is 0 Å². The zero-order valence-corrected chi connectivity index (χ0v) is 19.4. The van der Waals surface area contributed by atoms with Crippen LogP contribution in [0.2, 0.25) is 0 Å². The molecule has 1 aliphatic rings. The molecule has 1 N–H and O–H groups in total. The molecule has 6 nitrogen and oxygen atoms in total. The number of esters is 1. The molecule has 1 aliphatic heterocycles. The monoisotopic (exact) mass is 430 g/mol. The number of carbonyl (C=O) groups is 3. The number of carbonyl (C=O) groups excluding carboxylic acids is 3. The van der Waals surface area contributed by atoms with Gasteiger partial charge in [-0.3, -0.25) is 14.4 Å². The summed E-state index contributed by atoms with van der Waals surface area (Å²) in [4.78, 5) is 37.6. The van der Waals surface area contributed by atoms with Crippen molar-refractivity contribution in [1.29, 1.82) is 0 Å². The summed E-state index contributed by atoms with van der Waals surface area (Å²) in [6.07, 6.45) is 4.20. The van der Waals surface area contributed by atoms with E-state index in [1.54, 1.807) is 6.07 Å². The Morgan fingerprint density at radius 3 is 2.58 bits per heavy atom. The Kier molecular flexibility index (Phi) is 8.04. The lowest BCUT2D eigenvalue weighted by Gasteiger charge is -2.28. The van der Waals surface area contributed by atoms with Crippen LogP contribution in [-0.4, -0.2) is 35.4 Å². The summed E-state index contributed by atoms with van der Waals surface area (Å²) in [5.74, 6) is -1.57. The first-order valence-electron chi connectivity index (χ1n) is 10.8. The number of ether oxygens (including phenoxy) is 2. The highest BCUT2D eigenvalue weighted by molar-refractivity contribution is 6.11. The number of methoxy groups -OCH3 is 1. The second kappa shape index (κ2) is 10.1. The lowest BCUT2D eigenvalue weighted by atomic mass is 9.77. The third-order valence-electron chi connectivity index (χ3n) is 6.05. The molecule has 0 spiro atoms. The minimum absolute atomic E-state index is 0.0817. The summed E-state index contributed by atoms with van der Waals surface area (Å²) >= 11 is 0. The van der Waals surface area contributed by atoms with Gasteiger partial charge in [0.2, 0.25) is 0 Å². The Labute approximate surface area is 184 Å². The van der Waals surface area contributed by atoms with Crippen LogP contribution < -0.4 is 4.74 Å². The van der Waals surface area contributed by atoms with Crippen molar-refractivity contribution in [3.63, 3.8) is 0 Å². The second-order valence-corrected chi connectivity index (χ2v) is 9.15. The molecule has 0 bridgehead atoms. The maximum absolute atomic E-state index is 13.0. The summed E-state index contributed by atoms with van der Waals surface area (Å²) in [5, 5.41) is 10.2. The van der Waals surface area contributed by atoms with E-state index in [-0.39, 0.29) is 23.0 Å². The van der Waals surface area contributed by atoms with Crippen LogP contribution in [0.15, 0.2) is 29.8 Å². The highest BCUT2D eigenvalue weighted by Gasteiger charge is 2.53. The third kappa shape index (κ3) is 5.96. The summed E-state index contributed by atoms with van der Waals surface area (Å²) in [7, 11) is 1.47. The molecule has 3 atom stereocenters. The van der Waals surface area contributed by atoms with E-state index < -0.39 is 23.3 Å². The molecule has 1 heterocycles. The molecule has 1 aromatic rings. The quantitative estimate of drug-likeness (QED) is 0.246. The van der Waals surface area contributed by atoms with E-state index in [2.05, 4.69) is 0 Å². The van der Waals surface area contributed by atoms with Crippen molar-refractivity contribution in [3.8, 4) is 11.5 Å². The van der Waals surface area contributed by atoms with Gasteiger partial charge >= 0.3 is 5.97 Å². The number of benzene rings is 1. The number of hydrogen-bond donors (Lipinski definition) is 1. The van der Waals surface area contributed by atoms with Gasteiger partial charge in [-0.25, -0.2) is 0 Å². The van der Waals surface area contributed by atoms with Gasteiger partial charge in [0.1, 0.15) is 28.8 Å². The summed E-state index contributed by atoms with van der Waals surface area (Å²) in [6.45, 7) is 9.65. The zero-order chi connectivity index (χ0) is 23.3. The molecule has 0 aromatic heterocycles. The van der Waals surface area contributed by atoms with Crippen LogP contribution in [-0.2, 0) is 14.3 Å². The van der Waals surface area contributed by atoms with Crippen molar-refractivity contribution < 1.29 is 29.0 Å². The predicted molar refractivity (Wildman–Crippen MR) is 118 cm³/mol. The van der Waals surface area contributed by atoms with E-state index in [0.29, 0.717) is 37.4 Å². The molecule has 0 amide bonds. The molecule has 0 saturated carbocycles. The Balaban J connectivity index is 2.06. The SMILES string of the molecule is COc1ccc(C(=O)[C@@H]2C(=O)O[C@@](C)(CCC=C(C)CC(=O)CC(C)C)[C@H]2C)c(O)c1. The number of phenolic OH excluding ortho intramolecular Hbond substituents is 1. The first-order valence-corrected chi connectivity index (χ1v) is 10.8. The van der Waals surface area contributed by atoms with Gasteiger partial charge in [-0.1, -0.05) is 32.4 Å². The van der Waals surface area contributed by atoms with Gasteiger partial charge in [-0.2, -0.15) is 0 Å². The number of Topliss-reactive ketones (excluding diaryl/α,β-unsaturated/α-hetero) is 2. The van der Waals surface area contributed by atoms with Crippen molar-refractivity contribution in [3.05, 3.63) is 35.4 Å². The Morgan fingerprint density at radius 2 is 2.00 bits per heavy atom. The summed E-state index contributed by atoms with van der Waals surface area (Å²) < 4.78 is 10.7. The van der Waals surface area contributed by atoms with Gasteiger partial charge in [0.05, 0.1) is 12.7 Å². The van der Waals surface area contributed by atoms with Crippen molar-refractivity contribution >= 4 is 17.5 Å². The Morgan fingerprint density at radius 1 is 1.32 bits per heavy atom. The van der Waals surface area contributed by atoms with Gasteiger partial charge < -0.3 is 14.6 Å². The molecule has 170 valence electrons. The van der Waals surface area contributed by atoms with Crippen molar-refractivity contribution in [2.45, 2.75) is 65.9 Å². The van der Waals surface area contributed by atoms with E-state index in [4.69, 9.17) is 9.47 Å². The average molecular weight is 431 g/mol. The summed E-state index contributed by atoms with van der Waals surface area (Å²) in [6, 6.07) is 4.39. The van der Waals surface area contributed by atoms with Crippen LogP contribution in [0.3, 0.4) is 0 Å². The molecular formula is C25H34O6. The molecule has 31 heavy (non-hydrogen) atoms. The topological polar surface area (TPSA) is 89.9 Å². The number of phenols is 1. The number of ketones is 2. The molecule has 2 rings (SSSR count). The minimum atomic E-state index is -0.970. The molecular weight excluding hydrogens is 396 g/mol. The Bertz CT molecular complexity index is 869. The standard InChI is InChI=1S/C25H34O6/c1-15(2)12-18(26)13-16(3)8-7-11-25(5)17(4)22(24(29)31-25)23(28)20-10-9-19(30-6)14-21(20)27/h8-10,14-15,17,22,27H,7,11-13H2,1-6H3/t17-,22+,25-/m0/s1. The van der Waals surface area contributed by atoms with Crippen LogP contribution in [0, 0.1) is 17.8 Å². The first kappa shape index (κ1) is 24.6. The van der Waals surface area contributed by atoms with Gasteiger partial charge in [-0.15, -0.1) is 0 Å². The molecule has 1 aromatic carbocycles. The number of hydrogen-bond acceptors (Lipinski definition) is 6. The van der Waals surface area contributed by atoms with Crippen molar-refractivity contribution in [2.24, 2.45) is 17.8 Å². The maximum atomic E-state index is 13.0. The Hall–Kier alpha value is -2.63. The van der Waals surface area contributed by atoms with Crippen LogP contribution in [0.4, 0.5) is 0 Å². The average Bonchev–Trinajstić information content (AvgIpc) is 2.88. The zero-order valence-electron chi connectivity index (χ0n) is 19.4. The highest BCUT2D eigenvalue weighted by atomic mass is 16.6. The van der Waals surface area contributed by atoms with E-state index in [1.165, 1.54) is 19.2 Å². The van der Waals surface area contributed by atoms with Gasteiger partial charge in [0.25, 0.3) is 0 Å². The van der Waals surface area contributed by atoms with Crippen molar-refractivity contribution in [2.75, 3.05) is 7.11 Å². The molecule has 1 saturated heterocycles. The van der Waals surface area contributed by atoms with Gasteiger partial charge in [0.15, 0.2) is 5.78 Å². The maximum Gasteiger partial charge on any atom is 0.317 e. The molecule has 0 radical (unpaired) electrons. The summed E-state index contributed by atoms with van der Waals surface area (Å²) in [5.41, 5.74) is 0.290. The molecule has 1 fully saturated rings. The van der Waals surface area contributed by atoms with Crippen LogP contribution in [0.25, 0.3) is 0 Å². The first-order chi connectivity index (χ1) is 14.5. The van der Waals surface area contributed by atoms with Gasteiger partial charge in [-0.05, 0) is 44.7 Å². The number of allylic oxidation sites excluding steroid dienone is 2. The predicted octanol–water partition coefficient (Wildman–Crippen LogP) is 4.88. The van der Waals surface area contributed by atoms with Crippen LogP contribution >= 0.6 is 0 Å². The molecule has 6 heteroatoms. The number of aromatic hydroxyl groups is 1. The molecule has 0 aliphatic carbocycles. The minimum Gasteiger partial charge on any atom is -0.507 e. The number of cyclic esters (lactones) is 1.